The van der Waals surface area contributed by atoms with Gasteiger partial charge in [0.1, 0.15) is 36.9 Å². The van der Waals surface area contributed by atoms with E-state index in [9.17, 15) is 15.0 Å². The smallest absolute Gasteiger partial charge is 0.163 e. The number of hydrogen-bond acceptors (Lipinski definition) is 9. The van der Waals surface area contributed by atoms with Crippen LogP contribution in [-0.4, -0.2) is 141 Å². The van der Waals surface area contributed by atoms with E-state index in [4.69, 9.17) is 9.47 Å². The van der Waals surface area contributed by atoms with Crippen LogP contribution in [0.4, 0.5) is 0 Å². The molecule has 9 nitrogen and oxygen atoms in total. The molecule has 2 heterocycles. The maximum absolute atomic E-state index is 12.0. The Balaban J connectivity index is 1.49. The molecule has 2 aliphatic rings. The van der Waals surface area contributed by atoms with Gasteiger partial charge in [-0.1, -0.05) is 0 Å². The zero-order valence-electron chi connectivity index (χ0n) is 20.3. The third-order valence-electron chi connectivity index (χ3n) is 6.34. The SMILES string of the molecule is CC(=O)c1ccc(OCC(O)CN2CCN(C)CC2)cc1OCC(O)CN1CCN(C)CC1. The predicted octanol–water partition coefficient (Wildman–Crippen LogP) is -0.137. The van der Waals surface area contributed by atoms with Gasteiger partial charge in [0, 0.05) is 71.5 Å². The van der Waals surface area contributed by atoms with Crippen molar-refractivity contribution in [2.75, 3.05) is 92.8 Å². The van der Waals surface area contributed by atoms with Gasteiger partial charge in [-0.15, -0.1) is 0 Å². The molecular formula is C24H40N4O5. The number of ether oxygens (including phenoxy) is 2. The Morgan fingerprint density at radius 3 is 1.82 bits per heavy atom. The number of β-amino-alcohol motifs (C(OH)–C–C–N with tert-alkyl or cyclic N) is 2. The molecule has 9 heteroatoms. The monoisotopic (exact) mass is 464 g/mol. The summed E-state index contributed by atoms with van der Waals surface area (Å²) in [5.74, 6) is 0.812. The van der Waals surface area contributed by atoms with Crippen LogP contribution in [0.2, 0.25) is 0 Å². The van der Waals surface area contributed by atoms with Crippen molar-refractivity contribution in [3.05, 3.63) is 23.8 Å². The first-order valence-corrected chi connectivity index (χ1v) is 11.9. The van der Waals surface area contributed by atoms with Gasteiger partial charge in [-0.25, -0.2) is 0 Å². The number of piperazine rings is 2. The number of hydrogen-bond donors (Lipinski definition) is 2. The van der Waals surface area contributed by atoms with Crippen molar-refractivity contribution in [3.8, 4) is 11.5 Å². The number of Topliss-reactive ketones (excluding diaryl/α,β-unsaturated/α-hetero) is 1. The molecular weight excluding hydrogens is 424 g/mol. The third kappa shape index (κ3) is 8.51. The van der Waals surface area contributed by atoms with Crippen LogP contribution in [0.15, 0.2) is 18.2 Å². The Labute approximate surface area is 197 Å². The number of benzene rings is 1. The Kier molecular flexibility index (Phi) is 9.91. The average Bonchev–Trinajstić information content (AvgIpc) is 2.79. The van der Waals surface area contributed by atoms with Crippen molar-refractivity contribution in [3.63, 3.8) is 0 Å². The number of carbonyl (C=O) groups is 1. The van der Waals surface area contributed by atoms with E-state index in [0.717, 1.165) is 52.4 Å². The summed E-state index contributed by atoms with van der Waals surface area (Å²) < 4.78 is 11.6. The van der Waals surface area contributed by atoms with Gasteiger partial charge in [0.25, 0.3) is 0 Å². The Hall–Kier alpha value is -1.75. The maximum atomic E-state index is 12.0. The first-order valence-electron chi connectivity index (χ1n) is 11.9. The van der Waals surface area contributed by atoms with Crippen molar-refractivity contribution in [2.24, 2.45) is 0 Å². The number of ketones is 1. The molecule has 0 amide bonds. The van der Waals surface area contributed by atoms with Gasteiger partial charge in [0.15, 0.2) is 5.78 Å². The molecule has 0 saturated carbocycles. The van der Waals surface area contributed by atoms with Crippen LogP contribution in [0.3, 0.4) is 0 Å². The summed E-state index contributed by atoms with van der Waals surface area (Å²) in [4.78, 5) is 21.0. The van der Waals surface area contributed by atoms with E-state index in [0.29, 0.717) is 30.2 Å². The predicted molar refractivity (Wildman–Crippen MR) is 127 cm³/mol. The van der Waals surface area contributed by atoms with Crippen LogP contribution in [0.5, 0.6) is 11.5 Å². The van der Waals surface area contributed by atoms with Crippen LogP contribution in [-0.2, 0) is 0 Å². The maximum Gasteiger partial charge on any atom is 0.163 e. The van der Waals surface area contributed by atoms with E-state index in [-0.39, 0.29) is 19.0 Å². The molecule has 2 saturated heterocycles. The lowest BCUT2D eigenvalue weighted by atomic mass is 10.1. The molecule has 2 unspecified atom stereocenters. The Morgan fingerprint density at radius 1 is 0.848 bits per heavy atom. The zero-order valence-corrected chi connectivity index (χ0v) is 20.3. The molecule has 0 radical (unpaired) electrons. The van der Waals surface area contributed by atoms with Gasteiger partial charge < -0.3 is 29.5 Å². The standard InChI is InChI=1S/C24H40N4O5/c1-19(29)23-5-4-22(32-17-20(30)15-27-10-6-25(2)7-11-27)14-24(23)33-18-21(31)16-28-12-8-26(3)9-13-28/h4-5,14,20-21,30-31H,6-13,15-18H2,1-3H3. The van der Waals surface area contributed by atoms with E-state index < -0.39 is 12.2 Å². The lowest BCUT2D eigenvalue weighted by molar-refractivity contribution is 0.0483. The fourth-order valence-electron chi connectivity index (χ4n) is 4.14. The highest BCUT2D eigenvalue weighted by atomic mass is 16.5. The molecule has 2 aliphatic heterocycles. The second kappa shape index (κ2) is 12.6. The van der Waals surface area contributed by atoms with Crippen molar-refractivity contribution < 1.29 is 24.5 Å². The molecule has 3 rings (SSSR count). The van der Waals surface area contributed by atoms with E-state index in [2.05, 4.69) is 33.7 Å². The van der Waals surface area contributed by atoms with Crippen molar-refractivity contribution in [1.82, 2.24) is 19.6 Å². The van der Waals surface area contributed by atoms with Crippen molar-refractivity contribution in [2.45, 2.75) is 19.1 Å². The lowest BCUT2D eigenvalue weighted by Crippen LogP contribution is -2.47. The summed E-state index contributed by atoms with van der Waals surface area (Å²) >= 11 is 0. The topological polar surface area (TPSA) is 89.0 Å². The van der Waals surface area contributed by atoms with Crippen LogP contribution in [0, 0.1) is 0 Å². The van der Waals surface area contributed by atoms with Gasteiger partial charge in [-0.2, -0.15) is 0 Å². The van der Waals surface area contributed by atoms with Gasteiger partial charge in [0.2, 0.25) is 0 Å². The largest absolute Gasteiger partial charge is 0.491 e. The highest BCUT2D eigenvalue weighted by Gasteiger charge is 2.20. The number of aliphatic hydroxyl groups is 2. The number of nitrogens with zero attached hydrogens (tertiary/aromatic N) is 4. The van der Waals surface area contributed by atoms with Gasteiger partial charge >= 0.3 is 0 Å². The number of likely N-dealkylation sites (N-methyl/N-ethyl adjacent to an activating group) is 2. The first-order chi connectivity index (χ1) is 15.8. The Bertz CT molecular complexity index is 748. The number of aliphatic hydroxyl groups excluding tert-OH is 2. The van der Waals surface area contributed by atoms with Crippen molar-refractivity contribution in [1.29, 1.82) is 0 Å². The van der Waals surface area contributed by atoms with Gasteiger partial charge in [-0.05, 0) is 33.2 Å². The van der Waals surface area contributed by atoms with Crippen LogP contribution >= 0.6 is 0 Å². The highest BCUT2D eigenvalue weighted by Crippen LogP contribution is 2.26. The zero-order chi connectivity index (χ0) is 23.8. The normalized spacial score (nSPS) is 21.0. The summed E-state index contributed by atoms with van der Waals surface area (Å²) in [6.07, 6.45) is -1.25. The number of carbonyl (C=O) groups excluding carboxylic acids is 1. The summed E-state index contributed by atoms with van der Waals surface area (Å²) in [6.45, 7) is 10.6. The highest BCUT2D eigenvalue weighted by molar-refractivity contribution is 5.97. The van der Waals surface area contributed by atoms with Gasteiger partial charge in [0.05, 0.1) is 5.56 Å². The van der Waals surface area contributed by atoms with E-state index >= 15 is 0 Å². The molecule has 0 bridgehead atoms. The molecule has 186 valence electrons. The lowest BCUT2D eigenvalue weighted by Gasteiger charge is -2.33. The second-order valence-electron chi connectivity index (χ2n) is 9.35. The van der Waals surface area contributed by atoms with Crippen LogP contribution in [0.1, 0.15) is 17.3 Å². The van der Waals surface area contributed by atoms with E-state index in [1.54, 1.807) is 18.2 Å². The van der Waals surface area contributed by atoms with Gasteiger partial charge in [-0.3, -0.25) is 14.6 Å². The van der Waals surface area contributed by atoms with Crippen LogP contribution in [0.25, 0.3) is 0 Å². The Morgan fingerprint density at radius 2 is 1.33 bits per heavy atom. The van der Waals surface area contributed by atoms with E-state index in [1.165, 1.54) is 6.92 Å². The third-order valence-corrected chi connectivity index (χ3v) is 6.34. The molecule has 2 N–H and O–H groups in total. The second-order valence-corrected chi connectivity index (χ2v) is 9.35. The molecule has 0 aromatic heterocycles. The minimum absolute atomic E-state index is 0.0993. The molecule has 0 aliphatic carbocycles. The molecule has 1 aromatic carbocycles. The fraction of sp³-hybridized carbons (Fsp3) is 0.708. The minimum Gasteiger partial charge on any atom is -0.491 e. The van der Waals surface area contributed by atoms with Crippen LogP contribution < -0.4 is 9.47 Å². The number of rotatable bonds is 11. The summed E-state index contributed by atoms with van der Waals surface area (Å²) in [5, 5.41) is 20.8. The summed E-state index contributed by atoms with van der Waals surface area (Å²) in [6, 6.07) is 5.06. The fourth-order valence-corrected chi connectivity index (χ4v) is 4.14. The first kappa shape index (κ1) is 25.9. The van der Waals surface area contributed by atoms with Crippen molar-refractivity contribution >= 4 is 5.78 Å². The van der Waals surface area contributed by atoms with E-state index in [1.807, 2.05) is 0 Å². The average molecular weight is 465 g/mol. The molecule has 33 heavy (non-hydrogen) atoms. The summed E-state index contributed by atoms with van der Waals surface area (Å²) in [5.41, 5.74) is 0.451. The molecule has 1 aromatic rings. The molecule has 0 spiro atoms. The molecule has 2 atom stereocenters. The summed E-state index contributed by atoms with van der Waals surface area (Å²) in [7, 11) is 4.20. The minimum atomic E-state index is -0.650. The quantitative estimate of drug-likeness (QED) is 0.435. The molecule has 2 fully saturated rings.